The van der Waals surface area contributed by atoms with Gasteiger partial charge < -0.3 is 5.73 Å². The van der Waals surface area contributed by atoms with E-state index in [2.05, 4.69) is 0 Å². The molecule has 4 nitrogen and oxygen atoms in total. The molecule has 0 aliphatic carbocycles. The summed E-state index contributed by atoms with van der Waals surface area (Å²) >= 11 is 0. The Morgan fingerprint density at radius 1 is 1.43 bits per heavy atom. The SMILES string of the molecule is CCS(=O)(=O)N1C(C)CCCC1CN. The van der Waals surface area contributed by atoms with Crippen molar-refractivity contribution in [1.82, 2.24) is 4.31 Å². The van der Waals surface area contributed by atoms with Crippen LogP contribution in [0.4, 0.5) is 0 Å². The van der Waals surface area contributed by atoms with E-state index in [1.807, 2.05) is 6.92 Å². The average molecular weight is 220 g/mol. The van der Waals surface area contributed by atoms with Gasteiger partial charge in [0, 0.05) is 18.6 Å². The topological polar surface area (TPSA) is 63.4 Å². The summed E-state index contributed by atoms with van der Waals surface area (Å²) in [7, 11) is -3.08. The summed E-state index contributed by atoms with van der Waals surface area (Å²) in [5.41, 5.74) is 5.60. The van der Waals surface area contributed by atoms with E-state index in [1.54, 1.807) is 11.2 Å². The Kier molecular flexibility index (Phi) is 3.92. The van der Waals surface area contributed by atoms with Gasteiger partial charge in [-0.1, -0.05) is 6.42 Å². The molecule has 2 N–H and O–H groups in total. The average Bonchev–Trinajstić information content (AvgIpc) is 2.17. The highest BCUT2D eigenvalue weighted by atomic mass is 32.2. The molecule has 0 saturated carbocycles. The van der Waals surface area contributed by atoms with Gasteiger partial charge in [-0.05, 0) is 26.7 Å². The fourth-order valence-electron chi connectivity index (χ4n) is 2.14. The van der Waals surface area contributed by atoms with Crippen LogP contribution in [0.5, 0.6) is 0 Å². The predicted molar refractivity (Wildman–Crippen MR) is 57.5 cm³/mol. The summed E-state index contributed by atoms with van der Waals surface area (Å²) in [6.45, 7) is 4.09. The Morgan fingerprint density at radius 3 is 2.57 bits per heavy atom. The maximum absolute atomic E-state index is 11.8. The predicted octanol–water partition coefficient (Wildman–Crippen LogP) is 0.538. The fraction of sp³-hybridized carbons (Fsp3) is 1.00. The molecule has 84 valence electrons. The number of nitrogens with zero attached hydrogens (tertiary/aromatic N) is 1. The molecule has 0 aromatic carbocycles. The summed E-state index contributed by atoms with van der Waals surface area (Å²) in [6, 6.07) is 0.131. The molecule has 1 saturated heterocycles. The minimum Gasteiger partial charge on any atom is -0.329 e. The van der Waals surface area contributed by atoms with Crippen molar-refractivity contribution in [2.75, 3.05) is 12.3 Å². The zero-order valence-corrected chi connectivity index (χ0v) is 9.76. The maximum Gasteiger partial charge on any atom is 0.214 e. The molecule has 0 aromatic heterocycles. The van der Waals surface area contributed by atoms with Gasteiger partial charge in [-0.3, -0.25) is 0 Å². The molecule has 1 heterocycles. The normalized spacial score (nSPS) is 30.5. The first-order chi connectivity index (χ1) is 6.53. The van der Waals surface area contributed by atoms with Crippen LogP contribution in [-0.4, -0.2) is 37.1 Å². The molecule has 1 rings (SSSR count). The van der Waals surface area contributed by atoms with E-state index in [4.69, 9.17) is 5.73 Å². The third kappa shape index (κ3) is 2.27. The van der Waals surface area contributed by atoms with Crippen molar-refractivity contribution >= 4 is 10.0 Å². The van der Waals surface area contributed by atoms with Crippen molar-refractivity contribution in [1.29, 1.82) is 0 Å². The molecule has 0 amide bonds. The number of nitrogens with two attached hydrogens (primary N) is 1. The number of rotatable bonds is 3. The molecule has 0 radical (unpaired) electrons. The Balaban J connectivity index is 2.89. The van der Waals surface area contributed by atoms with Crippen LogP contribution in [0.3, 0.4) is 0 Å². The third-order valence-electron chi connectivity index (χ3n) is 2.91. The zero-order chi connectivity index (χ0) is 10.8. The highest BCUT2D eigenvalue weighted by Crippen LogP contribution is 2.25. The second-order valence-electron chi connectivity index (χ2n) is 3.90. The lowest BCUT2D eigenvalue weighted by Crippen LogP contribution is -2.52. The van der Waals surface area contributed by atoms with Crippen LogP contribution in [0.25, 0.3) is 0 Å². The minimum absolute atomic E-state index is 0.0173. The van der Waals surface area contributed by atoms with Gasteiger partial charge >= 0.3 is 0 Å². The second kappa shape index (κ2) is 4.59. The van der Waals surface area contributed by atoms with Gasteiger partial charge in [-0.15, -0.1) is 0 Å². The molecular formula is C9H20N2O2S. The smallest absolute Gasteiger partial charge is 0.214 e. The van der Waals surface area contributed by atoms with E-state index in [0.717, 1.165) is 19.3 Å². The van der Waals surface area contributed by atoms with Crippen molar-refractivity contribution < 1.29 is 8.42 Å². The van der Waals surface area contributed by atoms with Crippen molar-refractivity contribution in [3.63, 3.8) is 0 Å². The van der Waals surface area contributed by atoms with Crippen molar-refractivity contribution in [2.45, 2.75) is 45.2 Å². The highest BCUT2D eigenvalue weighted by Gasteiger charge is 2.34. The Labute approximate surface area is 86.5 Å². The van der Waals surface area contributed by atoms with Crippen LogP contribution in [0.2, 0.25) is 0 Å². The standard InChI is InChI=1S/C9H20N2O2S/c1-3-14(12,13)11-8(2)5-4-6-9(11)7-10/h8-9H,3-7,10H2,1-2H3. The quantitative estimate of drug-likeness (QED) is 0.755. The van der Waals surface area contributed by atoms with Gasteiger partial charge in [0.2, 0.25) is 10.0 Å². The van der Waals surface area contributed by atoms with E-state index in [-0.39, 0.29) is 17.8 Å². The molecule has 0 aromatic rings. The van der Waals surface area contributed by atoms with E-state index in [1.165, 1.54) is 0 Å². The second-order valence-corrected chi connectivity index (χ2v) is 6.06. The van der Waals surface area contributed by atoms with E-state index in [9.17, 15) is 8.42 Å². The molecule has 2 atom stereocenters. The van der Waals surface area contributed by atoms with Crippen molar-refractivity contribution in [2.24, 2.45) is 5.73 Å². The maximum atomic E-state index is 11.8. The summed E-state index contributed by atoms with van der Waals surface area (Å²) in [4.78, 5) is 0. The van der Waals surface area contributed by atoms with Gasteiger partial charge in [-0.2, -0.15) is 4.31 Å². The zero-order valence-electron chi connectivity index (χ0n) is 8.94. The summed E-state index contributed by atoms with van der Waals surface area (Å²) in [5.74, 6) is 0.174. The molecular weight excluding hydrogens is 200 g/mol. The van der Waals surface area contributed by atoms with Gasteiger partial charge in [-0.25, -0.2) is 8.42 Å². The Hall–Kier alpha value is -0.130. The van der Waals surface area contributed by atoms with Crippen LogP contribution in [0, 0.1) is 0 Å². The number of piperidine rings is 1. The van der Waals surface area contributed by atoms with E-state index >= 15 is 0 Å². The lowest BCUT2D eigenvalue weighted by atomic mass is 10.00. The van der Waals surface area contributed by atoms with Crippen LogP contribution in [0.15, 0.2) is 0 Å². The highest BCUT2D eigenvalue weighted by molar-refractivity contribution is 7.89. The first kappa shape index (κ1) is 11.9. The van der Waals surface area contributed by atoms with Gasteiger partial charge in [0.15, 0.2) is 0 Å². The van der Waals surface area contributed by atoms with Gasteiger partial charge in [0.25, 0.3) is 0 Å². The minimum atomic E-state index is -3.08. The summed E-state index contributed by atoms with van der Waals surface area (Å²) in [6.07, 6.45) is 2.94. The van der Waals surface area contributed by atoms with E-state index < -0.39 is 10.0 Å². The number of hydrogen-bond acceptors (Lipinski definition) is 3. The number of sulfonamides is 1. The molecule has 0 bridgehead atoms. The van der Waals surface area contributed by atoms with Gasteiger partial charge in [0.05, 0.1) is 5.75 Å². The first-order valence-electron chi connectivity index (χ1n) is 5.24. The number of hydrogen-bond donors (Lipinski definition) is 1. The molecule has 1 fully saturated rings. The Bertz CT molecular complexity index is 277. The molecule has 14 heavy (non-hydrogen) atoms. The van der Waals surface area contributed by atoms with E-state index in [0.29, 0.717) is 6.54 Å². The largest absolute Gasteiger partial charge is 0.329 e. The molecule has 1 aliphatic rings. The molecule has 0 spiro atoms. The fourth-order valence-corrected chi connectivity index (χ4v) is 3.73. The van der Waals surface area contributed by atoms with Gasteiger partial charge in [0.1, 0.15) is 0 Å². The molecule has 1 aliphatic heterocycles. The first-order valence-corrected chi connectivity index (χ1v) is 6.85. The van der Waals surface area contributed by atoms with Crippen molar-refractivity contribution in [3.8, 4) is 0 Å². The lowest BCUT2D eigenvalue weighted by molar-refractivity contribution is 0.196. The Morgan fingerprint density at radius 2 is 2.07 bits per heavy atom. The third-order valence-corrected chi connectivity index (χ3v) is 4.94. The monoisotopic (exact) mass is 220 g/mol. The van der Waals surface area contributed by atoms with Crippen molar-refractivity contribution in [3.05, 3.63) is 0 Å². The summed E-state index contributed by atoms with van der Waals surface area (Å²) < 4.78 is 25.2. The van der Waals surface area contributed by atoms with Crippen LogP contribution >= 0.6 is 0 Å². The summed E-state index contributed by atoms with van der Waals surface area (Å²) in [5, 5.41) is 0. The molecule has 2 unspecified atom stereocenters. The lowest BCUT2D eigenvalue weighted by Gasteiger charge is -2.38. The van der Waals surface area contributed by atoms with Crippen LogP contribution in [0.1, 0.15) is 33.1 Å². The molecule has 5 heteroatoms. The van der Waals surface area contributed by atoms with Crippen LogP contribution in [-0.2, 0) is 10.0 Å². The van der Waals surface area contributed by atoms with Crippen LogP contribution < -0.4 is 5.73 Å².